The maximum Gasteiger partial charge on any atom is 0.256 e. The number of H-pyrrole nitrogens is 1. The van der Waals surface area contributed by atoms with Crippen LogP contribution in [0.3, 0.4) is 0 Å². The van der Waals surface area contributed by atoms with E-state index >= 15 is 0 Å². The van der Waals surface area contributed by atoms with E-state index in [9.17, 15) is 9.59 Å². The molecular formula is C19H22N4O2S. The van der Waals surface area contributed by atoms with Crippen molar-refractivity contribution in [1.82, 2.24) is 20.1 Å². The van der Waals surface area contributed by atoms with Crippen LogP contribution in [0.4, 0.5) is 0 Å². The smallest absolute Gasteiger partial charge is 0.256 e. The van der Waals surface area contributed by atoms with Crippen LogP contribution in [0.15, 0.2) is 48.7 Å². The van der Waals surface area contributed by atoms with Crippen LogP contribution in [0.1, 0.15) is 15.9 Å². The predicted octanol–water partition coefficient (Wildman–Crippen LogP) is 1.82. The lowest BCUT2D eigenvalue weighted by Crippen LogP contribution is -2.51. The molecule has 1 aromatic heterocycles. The highest BCUT2D eigenvalue weighted by molar-refractivity contribution is 7.71. The summed E-state index contributed by atoms with van der Waals surface area (Å²) < 4.78 is 0.459. The number of hydrogen-bond donors (Lipinski definition) is 2. The number of nitrogens with zero attached hydrogens (tertiary/aromatic N) is 2. The van der Waals surface area contributed by atoms with Gasteiger partial charge in [-0.05, 0) is 17.7 Å². The Morgan fingerprint density at radius 3 is 2.46 bits per heavy atom. The van der Waals surface area contributed by atoms with Gasteiger partial charge in [0, 0.05) is 38.9 Å². The minimum absolute atomic E-state index is 0.000802. The quantitative estimate of drug-likeness (QED) is 0.788. The largest absolute Gasteiger partial charge is 0.352 e. The summed E-state index contributed by atoms with van der Waals surface area (Å²) in [5, 5.41) is 2.93. The number of benzene rings is 1. The summed E-state index contributed by atoms with van der Waals surface area (Å²) in [5.74, 6) is -0.0563. The first-order valence-corrected chi connectivity index (χ1v) is 9.04. The normalized spacial score (nSPS) is 14.8. The van der Waals surface area contributed by atoms with Crippen LogP contribution in [0.5, 0.6) is 0 Å². The predicted molar refractivity (Wildman–Crippen MR) is 102 cm³/mol. The zero-order valence-electron chi connectivity index (χ0n) is 14.5. The van der Waals surface area contributed by atoms with Crippen molar-refractivity contribution in [3.63, 3.8) is 0 Å². The Morgan fingerprint density at radius 1 is 1.04 bits per heavy atom. The molecule has 1 saturated heterocycles. The molecule has 136 valence electrons. The maximum absolute atomic E-state index is 12.6. The van der Waals surface area contributed by atoms with Crippen molar-refractivity contribution >= 4 is 24.0 Å². The van der Waals surface area contributed by atoms with Crippen molar-refractivity contribution in [2.75, 3.05) is 32.7 Å². The molecule has 1 aliphatic rings. The van der Waals surface area contributed by atoms with Gasteiger partial charge in [-0.25, -0.2) is 0 Å². The molecule has 0 spiro atoms. The lowest BCUT2D eigenvalue weighted by molar-refractivity contribution is -0.122. The van der Waals surface area contributed by atoms with E-state index < -0.39 is 0 Å². The Hall–Kier alpha value is -2.51. The molecule has 6 nitrogen and oxygen atoms in total. The molecule has 1 aliphatic heterocycles. The van der Waals surface area contributed by atoms with Gasteiger partial charge in [-0.15, -0.1) is 0 Å². The minimum Gasteiger partial charge on any atom is -0.352 e. The van der Waals surface area contributed by atoms with Gasteiger partial charge in [0.15, 0.2) is 0 Å². The Balaban J connectivity index is 1.45. The first-order valence-electron chi connectivity index (χ1n) is 8.63. The summed E-state index contributed by atoms with van der Waals surface area (Å²) in [5.41, 5.74) is 1.60. The second kappa shape index (κ2) is 8.73. The van der Waals surface area contributed by atoms with Crippen molar-refractivity contribution in [3.05, 3.63) is 64.4 Å². The van der Waals surface area contributed by atoms with Gasteiger partial charge >= 0.3 is 0 Å². The number of aromatic nitrogens is 1. The Labute approximate surface area is 157 Å². The molecule has 0 atom stereocenters. The van der Waals surface area contributed by atoms with Gasteiger partial charge in [-0.2, -0.15) is 0 Å². The number of carbonyl (C=O) groups excluding carboxylic acids is 2. The van der Waals surface area contributed by atoms with Crippen LogP contribution >= 0.6 is 12.2 Å². The fraction of sp³-hybridized carbons (Fsp3) is 0.316. The Kier molecular flexibility index (Phi) is 6.14. The SMILES string of the molecule is O=C(CN1CCN(C(=O)c2ccc[nH]c2=S)CC1)NCc1ccccc1. The molecule has 0 unspecified atom stereocenters. The molecule has 0 radical (unpaired) electrons. The van der Waals surface area contributed by atoms with Crippen LogP contribution in [0.25, 0.3) is 0 Å². The van der Waals surface area contributed by atoms with E-state index in [1.54, 1.807) is 23.2 Å². The van der Waals surface area contributed by atoms with Crippen molar-refractivity contribution < 1.29 is 9.59 Å². The highest BCUT2D eigenvalue weighted by atomic mass is 32.1. The summed E-state index contributed by atoms with van der Waals surface area (Å²) in [7, 11) is 0. The zero-order valence-corrected chi connectivity index (χ0v) is 15.3. The number of piperazine rings is 1. The van der Waals surface area contributed by atoms with E-state index in [4.69, 9.17) is 12.2 Å². The van der Waals surface area contributed by atoms with E-state index in [1.807, 2.05) is 30.3 Å². The number of hydrogen-bond acceptors (Lipinski definition) is 4. The summed E-state index contributed by atoms with van der Waals surface area (Å²) in [4.78, 5) is 31.4. The van der Waals surface area contributed by atoms with E-state index in [2.05, 4.69) is 15.2 Å². The number of rotatable bonds is 5. The van der Waals surface area contributed by atoms with Crippen molar-refractivity contribution in [2.24, 2.45) is 0 Å². The maximum atomic E-state index is 12.6. The van der Waals surface area contributed by atoms with Crippen LogP contribution < -0.4 is 5.32 Å². The van der Waals surface area contributed by atoms with Gasteiger partial charge in [0.05, 0.1) is 12.1 Å². The fourth-order valence-electron chi connectivity index (χ4n) is 2.92. The molecule has 1 aromatic carbocycles. The van der Waals surface area contributed by atoms with Crippen LogP contribution in [-0.4, -0.2) is 59.3 Å². The molecule has 2 N–H and O–H groups in total. The molecule has 0 bridgehead atoms. The molecule has 0 saturated carbocycles. The average Bonchev–Trinajstić information content (AvgIpc) is 2.68. The van der Waals surface area contributed by atoms with E-state index in [0.29, 0.717) is 49.5 Å². The fourth-order valence-corrected chi connectivity index (χ4v) is 3.15. The van der Waals surface area contributed by atoms with Crippen LogP contribution in [0.2, 0.25) is 0 Å². The second-order valence-corrected chi connectivity index (χ2v) is 6.65. The number of aromatic amines is 1. The lowest BCUT2D eigenvalue weighted by atomic mass is 10.2. The molecule has 1 fully saturated rings. The molecule has 2 heterocycles. The van der Waals surface area contributed by atoms with Crippen LogP contribution in [0, 0.1) is 4.64 Å². The van der Waals surface area contributed by atoms with Gasteiger partial charge in [0.1, 0.15) is 4.64 Å². The molecule has 2 aromatic rings. The first kappa shape index (κ1) is 18.3. The van der Waals surface area contributed by atoms with Gasteiger partial charge < -0.3 is 15.2 Å². The highest BCUT2D eigenvalue weighted by Crippen LogP contribution is 2.09. The number of amides is 2. The molecule has 7 heteroatoms. The third kappa shape index (κ3) is 4.77. The second-order valence-electron chi connectivity index (χ2n) is 6.24. The Bertz CT molecular complexity index is 814. The monoisotopic (exact) mass is 370 g/mol. The summed E-state index contributed by atoms with van der Waals surface area (Å²) in [6.45, 7) is 3.41. The standard InChI is InChI=1S/C19H22N4O2S/c24-17(21-13-15-5-2-1-3-6-15)14-22-9-11-23(12-10-22)19(25)16-7-4-8-20-18(16)26/h1-8H,9-14H2,(H,20,26)(H,21,24). The third-order valence-corrected chi connectivity index (χ3v) is 4.75. The number of pyridine rings is 1. The van der Waals surface area contributed by atoms with Crippen LogP contribution in [-0.2, 0) is 11.3 Å². The molecule has 2 amide bonds. The van der Waals surface area contributed by atoms with Gasteiger partial charge in [0.2, 0.25) is 5.91 Å². The first-order chi connectivity index (χ1) is 12.6. The van der Waals surface area contributed by atoms with E-state index in [1.165, 1.54) is 0 Å². The molecule has 3 rings (SSSR count). The van der Waals surface area contributed by atoms with Crippen molar-refractivity contribution in [3.8, 4) is 0 Å². The van der Waals surface area contributed by atoms with Crippen molar-refractivity contribution in [2.45, 2.75) is 6.54 Å². The summed E-state index contributed by atoms with van der Waals surface area (Å²) in [6.07, 6.45) is 1.71. The third-order valence-electron chi connectivity index (χ3n) is 4.41. The van der Waals surface area contributed by atoms with Gasteiger partial charge in [-0.1, -0.05) is 42.5 Å². The lowest BCUT2D eigenvalue weighted by Gasteiger charge is -2.34. The summed E-state index contributed by atoms with van der Waals surface area (Å²) in [6, 6.07) is 13.3. The van der Waals surface area contributed by atoms with Gasteiger partial charge in [0.25, 0.3) is 5.91 Å². The highest BCUT2D eigenvalue weighted by Gasteiger charge is 2.23. The molecule has 0 aliphatic carbocycles. The average molecular weight is 370 g/mol. The van der Waals surface area contributed by atoms with E-state index in [-0.39, 0.29) is 11.8 Å². The topological polar surface area (TPSA) is 68.4 Å². The summed E-state index contributed by atoms with van der Waals surface area (Å²) >= 11 is 5.18. The number of carbonyl (C=O) groups is 2. The number of nitrogens with one attached hydrogen (secondary N) is 2. The van der Waals surface area contributed by atoms with Gasteiger partial charge in [-0.3, -0.25) is 14.5 Å². The Morgan fingerprint density at radius 2 is 1.77 bits per heavy atom. The minimum atomic E-state index is -0.0555. The molecular weight excluding hydrogens is 348 g/mol. The van der Waals surface area contributed by atoms with E-state index in [0.717, 1.165) is 5.56 Å². The molecule has 26 heavy (non-hydrogen) atoms. The zero-order chi connectivity index (χ0) is 18.4. The van der Waals surface area contributed by atoms with Crippen molar-refractivity contribution in [1.29, 1.82) is 0 Å².